The van der Waals surface area contributed by atoms with E-state index in [0.717, 1.165) is 43.4 Å². The van der Waals surface area contributed by atoms with Crippen LogP contribution in [0.4, 0.5) is 0 Å². The number of hydrogen-bond donors (Lipinski definition) is 1. The van der Waals surface area contributed by atoms with Crippen molar-refractivity contribution in [2.45, 2.75) is 77.7 Å². The molecule has 1 aliphatic carbocycles. The zero-order valence-electron chi connectivity index (χ0n) is 13.2. The van der Waals surface area contributed by atoms with Crippen molar-refractivity contribution in [3.8, 4) is 0 Å². The minimum atomic E-state index is 0.468. The molecule has 0 bridgehead atoms. The first-order valence-electron chi connectivity index (χ1n) is 8.28. The van der Waals surface area contributed by atoms with Gasteiger partial charge in [-0.2, -0.15) is 4.98 Å². The fourth-order valence-electron chi connectivity index (χ4n) is 3.14. The maximum absolute atomic E-state index is 5.47. The molecule has 1 N–H and O–H groups in total. The molecule has 114 valence electrons. The standard InChI is InChI=1S/C16H29N3O/c1-4-6-14(17-9-5-2)11-15-18-16(19-20-15)13-8-7-12(3)10-13/h12-14,17H,4-11H2,1-3H3. The summed E-state index contributed by atoms with van der Waals surface area (Å²) in [4.78, 5) is 4.64. The Bertz CT molecular complexity index is 391. The summed E-state index contributed by atoms with van der Waals surface area (Å²) in [5.74, 6) is 3.08. The predicted octanol–water partition coefficient (Wildman–Crippen LogP) is 3.68. The number of nitrogens with zero attached hydrogens (tertiary/aromatic N) is 2. The summed E-state index contributed by atoms with van der Waals surface area (Å²) in [6.45, 7) is 7.79. The van der Waals surface area contributed by atoms with Crippen LogP contribution in [-0.2, 0) is 6.42 Å². The van der Waals surface area contributed by atoms with Crippen molar-refractivity contribution >= 4 is 0 Å². The second-order valence-corrected chi connectivity index (χ2v) is 6.31. The molecule has 4 heteroatoms. The first-order chi connectivity index (χ1) is 9.72. The average molecular weight is 279 g/mol. The molecule has 0 spiro atoms. The zero-order chi connectivity index (χ0) is 14.4. The van der Waals surface area contributed by atoms with E-state index in [2.05, 4.69) is 36.2 Å². The Balaban J connectivity index is 1.90. The van der Waals surface area contributed by atoms with Crippen molar-refractivity contribution in [3.05, 3.63) is 11.7 Å². The largest absolute Gasteiger partial charge is 0.339 e. The van der Waals surface area contributed by atoms with Crippen molar-refractivity contribution in [1.29, 1.82) is 0 Å². The molecule has 0 aromatic carbocycles. The van der Waals surface area contributed by atoms with Crippen LogP contribution in [-0.4, -0.2) is 22.7 Å². The van der Waals surface area contributed by atoms with Gasteiger partial charge in [0, 0.05) is 18.4 Å². The lowest BCUT2D eigenvalue weighted by Crippen LogP contribution is -2.31. The fraction of sp³-hybridized carbons (Fsp3) is 0.875. The molecule has 3 atom stereocenters. The second kappa shape index (κ2) is 7.77. The van der Waals surface area contributed by atoms with E-state index in [0.29, 0.717) is 12.0 Å². The van der Waals surface area contributed by atoms with E-state index >= 15 is 0 Å². The van der Waals surface area contributed by atoms with E-state index in [4.69, 9.17) is 4.52 Å². The number of nitrogens with one attached hydrogen (secondary N) is 1. The molecule has 20 heavy (non-hydrogen) atoms. The number of hydrogen-bond acceptors (Lipinski definition) is 4. The van der Waals surface area contributed by atoms with E-state index in [1.807, 2.05) is 0 Å². The summed E-state index contributed by atoms with van der Waals surface area (Å²) in [6.07, 6.45) is 8.10. The normalized spacial score (nSPS) is 24.1. The lowest BCUT2D eigenvalue weighted by atomic mass is 10.1. The van der Waals surface area contributed by atoms with Crippen LogP contribution in [0.1, 0.15) is 76.9 Å². The SMILES string of the molecule is CCCNC(CCC)Cc1nc(C2CCC(C)C2)no1. The Morgan fingerprint density at radius 3 is 2.80 bits per heavy atom. The van der Waals surface area contributed by atoms with E-state index in [-0.39, 0.29) is 0 Å². The molecule has 1 aromatic rings. The van der Waals surface area contributed by atoms with Gasteiger partial charge in [-0.1, -0.05) is 32.3 Å². The summed E-state index contributed by atoms with van der Waals surface area (Å²) in [7, 11) is 0. The third kappa shape index (κ3) is 4.30. The van der Waals surface area contributed by atoms with Crippen molar-refractivity contribution < 1.29 is 4.52 Å². The molecule has 0 aliphatic heterocycles. The molecule has 4 nitrogen and oxygen atoms in total. The molecule has 1 aromatic heterocycles. The van der Waals surface area contributed by atoms with Crippen molar-refractivity contribution in [2.75, 3.05) is 6.54 Å². The molecule has 3 unspecified atom stereocenters. The lowest BCUT2D eigenvalue weighted by molar-refractivity contribution is 0.344. The van der Waals surface area contributed by atoms with Crippen molar-refractivity contribution in [2.24, 2.45) is 5.92 Å². The molecule has 1 heterocycles. The second-order valence-electron chi connectivity index (χ2n) is 6.31. The molecule has 0 amide bonds. The Morgan fingerprint density at radius 1 is 1.30 bits per heavy atom. The van der Waals surface area contributed by atoms with Crippen LogP contribution < -0.4 is 5.32 Å². The Morgan fingerprint density at radius 2 is 2.15 bits per heavy atom. The third-order valence-electron chi connectivity index (χ3n) is 4.28. The van der Waals surface area contributed by atoms with Gasteiger partial charge in [-0.05, 0) is 44.6 Å². The third-order valence-corrected chi connectivity index (χ3v) is 4.28. The van der Waals surface area contributed by atoms with Crippen LogP contribution in [0.5, 0.6) is 0 Å². The molecular formula is C16H29N3O. The quantitative estimate of drug-likeness (QED) is 0.788. The van der Waals surface area contributed by atoms with Gasteiger partial charge in [0.1, 0.15) is 0 Å². The van der Waals surface area contributed by atoms with Gasteiger partial charge in [-0.3, -0.25) is 0 Å². The van der Waals surface area contributed by atoms with E-state index < -0.39 is 0 Å². The summed E-state index contributed by atoms with van der Waals surface area (Å²) in [5, 5.41) is 7.79. The maximum Gasteiger partial charge on any atom is 0.228 e. The Hall–Kier alpha value is -0.900. The Kier molecular flexibility index (Phi) is 6.02. The summed E-state index contributed by atoms with van der Waals surface area (Å²) >= 11 is 0. The highest BCUT2D eigenvalue weighted by atomic mass is 16.5. The molecule has 1 saturated carbocycles. The highest BCUT2D eigenvalue weighted by Gasteiger charge is 2.27. The minimum absolute atomic E-state index is 0.468. The zero-order valence-corrected chi connectivity index (χ0v) is 13.2. The number of aromatic nitrogens is 2. The minimum Gasteiger partial charge on any atom is -0.339 e. The van der Waals surface area contributed by atoms with Gasteiger partial charge in [-0.15, -0.1) is 0 Å². The first-order valence-corrected chi connectivity index (χ1v) is 8.28. The summed E-state index contributed by atoms with van der Waals surface area (Å²) < 4.78 is 5.47. The number of rotatable bonds is 8. The summed E-state index contributed by atoms with van der Waals surface area (Å²) in [6, 6.07) is 0.468. The van der Waals surface area contributed by atoms with Crippen LogP contribution in [0.25, 0.3) is 0 Å². The van der Waals surface area contributed by atoms with Crippen LogP contribution in [0.15, 0.2) is 4.52 Å². The smallest absolute Gasteiger partial charge is 0.228 e. The van der Waals surface area contributed by atoms with Gasteiger partial charge >= 0.3 is 0 Å². The van der Waals surface area contributed by atoms with Crippen LogP contribution >= 0.6 is 0 Å². The highest BCUT2D eigenvalue weighted by Crippen LogP contribution is 2.36. The van der Waals surface area contributed by atoms with Crippen LogP contribution in [0, 0.1) is 5.92 Å². The lowest BCUT2D eigenvalue weighted by Gasteiger charge is -2.15. The van der Waals surface area contributed by atoms with E-state index in [1.165, 1.54) is 25.7 Å². The molecule has 0 saturated heterocycles. The average Bonchev–Trinajstić information content (AvgIpc) is 3.05. The maximum atomic E-state index is 5.47. The topological polar surface area (TPSA) is 51.0 Å². The highest BCUT2D eigenvalue weighted by molar-refractivity contribution is 5.00. The molecule has 1 aliphatic rings. The Labute approximate surface area is 122 Å². The van der Waals surface area contributed by atoms with Crippen molar-refractivity contribution in [1.82, 2.24) is 15.5 Å². The molecule has 0 radical (unpaired) electrons. The van der Waals surface area contributed by atoms with Gasteiger partial charge in [0.2, 0.25) is 5.89 Å². The summed E-state index contributed by atoms with van der Waals surface area (Å²) in [5.41, 5.74) is 0. The van der Waals surface area contributed by atoms with Gasteiger partial charge < -0.3 is 9.84 Å². The van der Waals surface area contributed by atoms with Gasteiger partial charge in [-0.25, -0.2) is 0 Å². The monoisotopic (exact) mass is 279 g/mol. The molecule has 1 fully saturated rings. The molecule has 2 rings (SSSR count). The van der Waals surface area contributed by atoms with Crippen LogP contribution in [0.2, 0.25) is 0 Å². The van der Waals surface area contributed by atoms with Gasteiger partial charge in [0.25, 0.3) is 0 Å². The van der Waals surface area contributed by atoms with Crippen molar-refractivity contribution in [3.63, 3.8) is 0 Å². The van der Waals surface area contributed by atoms with E-state index in [9.17, 15) is 0 Å². The van der Waals surface area contributed by atoms with Gasteiger partial charge in [0.15, 0.2) is 5.82 Å². The van der Waals surface area contributed by atoms with Crippen LogP contribution in [0.3, 0.4) is 0 Å². The fourth-order valence-corrected chi connectivity index (χ4v) is 3.14. The first kappa shape index (κ1) is 15.5. The van der Waals surface area contributed by atoms with E-state index in [1.54, 1.807) is 0 Å². The molecular weight excluding hydrogens is 250 g/mol. The van der Waals surface area contributed by atoms with Gasteiger partial charge in [0.05, 0.1) is 0 Å². The predicted molar refractivity (Wildman–Crippen MR) is 80.7 cm³/mol.